The summed E-state index contributed by atoms with van der Waals surface area (Å²) in [6, 6.07) is 1.99. The van der Waals surface area contributed by atoms with E-state index < -0.39 is 5.97 Å². The van der Waals surface area contributed by atoms with Crippen molar-refractivity contribution in [2.75, 3.05) is 0 Å². The summed E-state index contributed by atoms with van der Waals surface area (Å²) in [5.74, 6) is -1.09. The van der Waals surface area contributed by atoms with Crippen LogP contribution in [0.15, 0.2) is 9.66 Å². The molecule has 4 heteroatoms. The van der Waals surface area contributed by atoms with E-state index in [4.69, 9.17) is 10.4 Å². The number of hydrogen-bond acceptors (Lipinski definition) is 2. The molecule has 0 bridgehead atoms. The topological polar surface area (TPSA) is 61.1 Å². The Morgan fingerprint density at radius 3 is 2.54 bits per heavy atom. The number of nitriles is 1. The maximum atomic E-state index is 10.7. The van der Waals surface area contributed by atoms with E-state index in [1.165, 1.54) is 0 Å². The van der Waals surface area contributed by atoms with E-state index in [-0.39, 0.29) is 17.3 Å². The average molecular weight is 291 g/mol. The molecule has 2 atom stereocenters. The van der Waals surface area contributed by atoms with Crippen LogP contribution in [-0.4, -0.2) is 11.1 Å². The van der Waals surface area contributed by atoms with Gasteiger partial charge >= 0.3 is 5.97 Å². The largest absolute Gasteiger partial charge is 0.481 e. The Hall–Kier alpha value is -0.570. The van der Waals surface area contributed by atoms with Crippen LogP contribution in [0.3, 0.4) is 0 Å². The van der Waals surface area contributed by atoms with E-state index in [0.29, 0.717) is 3.58 Å². The van der Waals surface area contributed by atoms with Gasteiger partial charge in [0.05, 0.1) is 9.50 Å². The molecule has 1 rings (SSSR count). The van der Waals surface area contributed by atoms with Crippen molar-refractivity contribution in [3.8, 4) is 6.07 Å². The van der Waals surface area contributed by atoms with E-state index >= 15 is 0 Å². The summed E-state index contributed by atoms with van der Waals surface area (Å²) in [7, 11) is 0. The smallest absolute Gasteiger partial charge is 0.307 e. The standard InChI is InChI=1S/C9H10INO2/c1-9(2)6(3-5(10)4-11)7(9)8(12)13/h3,6-7H,1-2H3,(H,12,13). The molecule has 13 heavy (non-hydrogen) atoms. The van der Waals surface area contributed by atoms with Gasteiger partial charge in [-0.1, -0.05) is 19.9 Å². The molecule has 0 aromatic heterocycles. The van der Waals surface area contributed by atoms with Crippen molar-refractivity contribution in [1.29, 1.82) is 5.26 Å². The molecule has 1 saturated carbocycles. The number of carboxylic acid groups (broad SMARTS) is 1. The fourth-order valence-corrected chi connectivity index (χ4v) is 2.04. The van der Waals surface area contributed by atoms with Gasteiger partial charge in [-0.3, -0.25) is 4.79 Å². The molecule has 1 aliphatic rings. The second-order valence-electron chi connectivity index (χ2n) is 3.79. The first-order valence-corrected chi connectivity index (χ1v) is 4.99. The zero-order valence-electron chi connectivity index (χ0n) is 7.41. The number of rotatable bonds is 2. The molecule has 0 heterocycles. The maximum absolute atomic E-state index is 10.7. The summed E-state index contributed by atoms with van der Waals surface area (Å²) in [5.41, 5.74) is -0.195. The molecule has 0 aromatic carbocycles. The highest BCUT2D eigenvalue weighted by atomic mass is 127. The molecule has 0 amide bonds. The Bertz CT molecular complexity index is 314. The van der Waals surface area contributed by atoms with Gasteiger partial charge in [-0.15, -0.1) is 0 Å². The van der Waals surface area contributed by atoms with Gasteiger partial charge in [0.15, 0.2) is 0 Å². The quantitative estimate of drug-likeness (QED) is 0.626. The molecule has 0 spiro atoms. The number of allylic oxidation sites excluding steroid dienone is 2. The van der Waals surface area contributed by atoms with Crippen molar-refractivity contribution < 1.29 is 9.90 Å². The molecule has 0 aromatic rings. The number of halogens is 1. The molecule has 1 aliphatic carbocycles. The third-order valence-corrected chi connectivity index (χ3v) is 3.21. The van der Waals surface area contributed by atoms with Gasteiger partial charge in [0.25, 0.3) is 0 Å². The van der Waals surface area contributed by atoms with Crippen molar-refractivity contribution >= 4 is 28.6 Å². The Balaban J connectivity index is 2.79. The number of hydrogen-bond donors (Lipinski definition) is 1. The summed E-state index contributed by atoms with van der Waals surface area (Å²) in [5, 5.41) is 17.4. The molecule has 1 fully saturated rings. The van der Waals surface area contributed by atoms with E-state index in [1.54, 1.807) is 6.08 Å². The predicted molar refractivity (Wildman–Crippen MR) is 56.1 cm³/mol. The molecule has 1 N–H and O–H groups in total. The molecular weight excluding hydrogens is 281 g/mol. The lowest BCUT2D eigenvalue weighted by atomic mass is 10.1. The van der Waals surface area contributed by atoms with Crippen LogP contribution in [0.4, 0.5) is 0 Å². The third-order valence-electron chi connectivity index (χ3n) is 2.61. The second kappa shape index (κ2) is 3.29. The summed E-state index contributed by atoms with van der Waals surface area (Å²) in [6.45, 7) is 3.82. The molecule has 3 nitrogen and oxygen atoms in total. The summed E-state index contributed by atoms with van der Waals surface area (Å²) < 4.78 is 0.569. The maximum Gasteiger partial charge on any atom is 0.307 e. The van der Waals surface area contributed by atoms with Crippen LogP contribution in [0.25, 0.3) is 0 Å². The van der Waals surface area contributed by atoms with Crippen LogP contribution in [0, 0.1) is 28.6 Å². The minimum atomic E-state index is -0.770. The summed E-state index contributed by atoms with van der Waals surface area (Å²) in [6.07, 6.45) is 1.75. The van der Waals surface area contributed by atoms with Gasteiger partial charge in [0.2, 0.25) is 0 Å². The Labute approximate surface area is 90.6 Å². The van der Waals surface area contributed by atoms with E-state index in [9.17, 15) is 4.79 Å². The molecule has 2 unspecified atom stereocenters. The molecular formula is C9H10INO2. The van der Waals surface area contributed by atoms with Crippen LogP contribution in [0.5, 0.6) is 0 Å². The highest BCUT2D eigenvalue weighted by molar-refractivity contribution is 14.1. The Morgan fingerprint density at radius 1 is 1.69 bits per heavy atom. The Morgan fingerprint density at radius 2 is 2.23 bits per heavy atom. The lowest BCUT2D eigenvalue weighted by Gasteiger charge is -1.96. The van der Waals surface area contributed by atoms with Crippen LogP contribution in [-0.2, 0) is 4.79 Å². The first-order chi connectivity index (χ1) is 5.91. The number of nitrogens with zero attached hydrogens (tertiary/aromatic N) is 1. The fourth-order valence-electron chi connectivity index (χ4n) is 1.66. The zero-order valence-corrected chi connectivity index (χ0v) is 9.57. The van der Waals surface area contributed by atoms with Crippen molar-refractivity contribution in [1.82, 2.24) is 0 Å². The molecule has 0 aliphatic heterocycles. The first kappa shape index (κ1) is 10.5. The SMILES string of the molecule is CC1(C)C(C=C(I)C#N)C1C(=O)O. The fraction of sp³-hybridized carbons (Fsp3) is 0.556. The minimum absolute atomic E-state index is 0.0107. The average Bonchev–Trinajstić information content (AvgIpc) is 2.53. The van der Waals surface area contributed by atoms with Gasteiger partial charge in [-0.2, -0.15) is 5.26 Å². The normalized spacial score (nSPS) is 30.8. The molecule has 0 saturated heterocycles. The third kappa shape index (κ3) is 1.85. The lowest BCUT2D eigenvalue weighted by Crippen LogP contribution is -2.02. The first-order valence-electron chi connectivity index (χ1n) is 3.91. The van der Waals surface area contributed by atoms with Gasteiger partial charge in [-0.05, 0) is 33.9 Å². The van der Waals surface area contributed by atoms with Crippen LogP contribution in [0.1, 0.15) is 13.8 Å². The van der Waals surface area contributed by atoms with E-state index in [0.717, 1.165) is 0 Å². The van der Waals surface area contributed by atoms with Crippen molar-refractivity contribution in [3.05, 3.63) is 9.66 Å². The van der Waals surface area contributed by atoms with E-state index in [1.807, 2.05) is 42.5 Å². The Kier molecular flexibility index (Phi) is 2.66. The van der Waals surface area contributed by atoms with Crippen LogP contribution in [0.2, 0.25) is 0 Å². The highest BCUT2D eigenvalue weighted by Gasteiger charge is 2.60. The number of carboxylic acids is 1. The van der Waals surface area contributed by atoms with Crippen LogP contribution < -0.4 is 0 Å². The van der Waals surface area contributed by atoms with Gasteiger partial charge < -0.3 is 5.11 Å². The highest BCUT2D eigenvalue weighted by Crippen LogP contribution is 2.59. The molecule has 70 valence electrons. The summed E-state index contributed by atoms with van der Waals surface area (Å²) >= 11 is 1.92. The van der Waals surface area contributed by atoms with Crippen molar-refractivity contribution in [3.63, 3.8) is 0 Å². The molecule has 0 radical (unpaired) electrons. The van der Waals surface area contributed by atoms with E-state index in [2.05, 4.69) is 0 Å². The van der Waals surface area contributed by atoms with Gasteiger partial charge in [0, 0.05) is 0 Å². The second-order valence-corrected chi connectivity index (χ2v) is 4.95. The van der Waals surface area contributed by atoms with Crippen LogP contribution >= 0.6 is 22.6 Å². The van der Waals surface area contributed by atoms with Crippen molar-refractivity contribution in [2.24, 2.45) is 17.3 Å². The summed E-state index contributed by atoms with van der Waals surface area (Å²) in [4.78, 5) is 10.7. The zero-order chi connectivity index (χ0) is 10.2. The van der Waals surface area contributed by atoms with Crippen molar-refractivity contribution in [2.45, 2.75) is 13.8 Å². The minimum Gasteiger partial charge on any atom is -0.481 e. The lowest BCUT2D eigenvalue weighted by molar-refractivity contribution is -0.139. The predicted octanol–water partition coefficient (Wildman–Crippen LogP) is 2.19. The number of carbonyl (C=O) groups is 1. The number of aliphatic carboxylic acids is 1. The van der Waals surface area contributed by atoms with Gasteiger partial charge in [0.1, 0.15) is 6.07 Å². The van der Waals surface area contributed by atoms with Gasteiger partial charge in [-0.25, -0.2) is 0 Å². The monoisotopic (exact) mass is 291 g/mol.